The molecule has 144 valence electrons. The molecule has 1 aromatic rings. The second kappa shape index (κ2) is 6.77. The summed E-state index contributed by atoms with van der Waals surface area (Å²) in [6, 6.07) is 3.95. The lowest BCUT2D eigenvalue weighted by atomic mass is 9.86. The molecular weight excluding hydrogens is 340 g/mol. The highest BCUT2D eigenvalue weighted by Crippen LogP contribution is 2.47. The number of hydrogen-bond donors (Lipinski definition) is 1. The maximum absolute atomic E-state index is 13.3. The molecule has 0 aromatic carbocycles. The summed E-state index contributed by atoms with van der Waals surface area (Å²) >= 11 is 0. The second-order valence-corrected chi connectivity index (χ2v) is 9.12. The minimum atomic E-state index is -0.538. The zero-order valence-corrected chi connectivity index (χ0v) is 16.3. The molecule has 3 unspecified atom stereocenters. The second-order valence-electron chi connectivity index (χ2n) is 9.12. The lowest BCUT2D eigenvalue weighted by Crippen LogP contribution is -2.32. The van der Waals surface area contributed by atoms with Gasteiger partial charge < -0.3 is 10.1 Å². The van der Waals surface area contributed by atoms with Gasteiger partial charge in [-0.25, -0.2) is 9.78 Å². The largest absolute Gasteiger partial charge is 0.444 e. The van der Waals surface area contributed by atoms with Crippen molar-refractivity contribution in [2.75, 3.05) is 0 Å². The van der Waals surface area contributed by atoms with Gasteiger partial charge >= 0.3 is 6.09 Å². The fourth-order valence-corrected chi connectivity index (χ4v) is 4.26. The van der Waals surface area contributed by atoms with Crippen LogP contribution in [-0.4, -0.2) is 22.5 Å². The molecule has 2 saturated carbocycles. The monoisotopic (exact) mass is 368 g/mol. The molecule has 5 heteroatoms. The third-order valence-electron chi connectivity index (χ3n) is 5.66. The Morgan fingerprint density at radius 3 is 2.56 bits per heavy atom. The number of allylic oxidation sites excluding steroid dienone is 2. The lowest BCUT2D eigenvalue weighted by Gasteiger charge is -2.20. The Kier molecular flexibility index (Phi) is 4.57. The molecule has 1 aromatic heterocycles. The van der Waals surface area contributed by atoms with E-state index in [1.54, 1.807) is 0 Å². The lowest BCUT2D eigenvalue weighted by molar-refractivity contribution is 0.0523. The summed E-state index contributed by atoms with van der Waals surface area (Å²) in [5.74, 6) is 1.66. The highest BCUT2D eigenvalue weighted by molar-refractivity contribution is 5.98. The van der Waals surface area contributed by atoms with E-state index in [0.717, 1.165) is 31.2 Å². The number of ketones is 1. The van der Waals surface area contributed by atoms with E-state index < -0.39 is 11.7 Å². The SMILES string of the molecule is CC(C)(C)OC(=O)NCc1ccc(C2CC2)c(C(=O)C2CC3C=CC2C3)n1. The maximum atomic E-state index is 13.3. The number of rotatable bonds is 5. The molecule has 0 radical (unpaired) electrons. The van der Waals surface area contributed by atoms with Gasteiger partial charge in [0.1, 0.15) is 11.3 Å². The Morgan fingerprint density at radius 2 is 1.96 bits per heavy atom. The van der Waals surface area contributed by atoms with Crippen molar-refractivity contribution < 1.29 is 14.3 Å². The first kappa shape index (κ1) is 18.2. The Labute approximate surface area is 160 Å². The topological polar surface area (TPSA) is 68.3 Å². The highest BCUT2D eigenvalue weighted by Gasteiger charge is 2.42. The normalized spacial score (nSPS) is 26.3. The number of fused-ring (bicyclic) bond motifs is 2. The zero-order valence-electron chi connectivity index (χ0n) is 16.3. The highest BCUT2D eigenvalue weighted by atomic mass is 16.6. The summed E-state index contributed by atoms with van der Waals surface area (Å²) in [5, 5.41) is 2.74. The van der Waals surface area contributed by atoms with Crippen molar-refractivity contribution >= 4 is 11.9 Å². The van der Waals surface area contributed by atoms with Gasteiger partial charge in [-0.15, -0.1) is 0 Å². The molecule has 1 N–H and O–H groups in total. The van der Waals surface area contributed by atoms with Gasteiger partial charge in [-0.05, 0) is 75.8 Å². The van der Waals surface area contributed by atoms with Crippen molar-refractivity contribution in [1.82, 2.24) is 10.3 Å². The van der Waals surface area contributed by atoms with Crippen molar-refractivity contribution in [3.8, 4) is 0 Å². The average molecular weight is 368 g/mol. The van der Waals surface area contributed by atoms with Gasteiger partial charge in [-0.3, -0.25) is 4.79 Å². The summed E-state index contributed by atoms with van der Waals surface area (Å²) in [6.07, 6.45) is 8.32. The standard InChI is InChI=1S/C22H28N2O3/c1-22(2,3)27-21(26)23-12-16-8-9-17(14-6-7-14)19(24-16)20(25)18-11-13-4-5-15(18)10-13/h4-5,8-9,13-15,18H,6-7,10-12H2,1-3H3,(H,23,26). The summed E-state index contributed by atoms with van der Waals surface area (Å²) in [6.45, 7) is 5.75. The van der Waals surface area contributed by atoms with E-state index in [4.69, 9.17) is 4.74 Å². The molecule has 2 bridgehead atoms. The number of nitrogens with one attached hydrogen (secondary N) is 1. The van der Waals surface area contributed by atoms with Crippen LogP contribution in [0.15, 0.2) is 24.3 Å². The molecule has 4 rings (SSSR count). The molecule has 0 saturated heterocycles. The Hall–Kier alpha value is -2.17. The number of pyridine rings is 1. The number of ether oxygens (including phenoxy) is 1. The number of hydrogen-bond acceptors (Lipinski definition) is 4. The minimum absolute atomic E-state index is 0.0686. The molecule has 27 heavy (non-hydrogen) atoms. The number of carbonyl (C=O) groups excluding carboxylic acids is 2. The van der Waals surface area contributed by atoms with Crippen molar-refractivity contribution in [2.24, 2.45) is 17.8 Å². The van der Waals surface area contributed by atoms with Gasteiger partial charge in [0, 0.05) is 5.92 Å². The summed E-state index contributed by atoms with van der Waals surface area (Å²) < 4.78 is 5.27. The van der Waals surface area contributed by atoms with E-state index in [-0.39, 0.29) is 18.2 Å². The van der Waals surface area contributed by atoms with Crippen molar-refractivity contribution in [1.29, 1.82) is 0 Å². The van der Waals surface area contributed by atoms with E-state index in [9.17, 15) is 9.59 Å². The van der Waals surface area contributed by atoms with Gasteiger partial charge in [-0.2, -0.15) is 0 Å². The van der Waals surface area contributed by atoms with Crippen LogP contribution in [0.4, 0.5) is 4.79 Å². The van der Waals surface area contributed by atoms with Crippen molar-refractivity contribution in [3.05, 3.63) is 41.2 Å². The van der Waals surface area contributed by atoms with Crippen LogP contribution in [0.25, 0.3) is 0 Å². The van der Waals surface area contributed by atoms with Crippen LogP contribution in [0, 0.1) is 17.8 Å². The molecule has 1 heterocycles. The fourth-order valence-electron chi connectivity index (χ4n) is 4.26. The van der Waals surface area contributed by atoms with Gasteiger partial charge in [0.05, 0.1) is 12.2 Å². The van der Waals surface area contributed by atoms with Crippen LogP contribution in [0.3, 0.4) is 0 Å². The fraction of sp³-hybridized carbons (Fsp3) is 0.591. The van der Waals surface area contributed by atoms with E-state index in [1.165, 1.54) is 0 Å². The van der Waals surface area contributed by atoms with Gasteiger partial charge in [-0.1, -0.05) is 18.2 Å². The van der Waals surface area contributed by atoms with E-state index in [1.807, 2.05) is 32.9 Å². The minimum Gasteiger partial charge on any atom is -0.444 e. The molecule has 1 amide bonds. The summed E-state index contributed by atoms with van der Waals surface area (Å²) in [5.41, 5.74) is 1.89. The number of amides is 1. The summed E-state index contributed by atoms with van der Waals surface area (Å²) in [4.78, 5) is 29.8. The first-order valence-corrected chi connectivity index (χ1v) is 9.99. The van der Waals surface area contributed by atoms with Crippen LogP contribution in [0.1, 0.15) is 74.1 Å². The quantitative estimate of drug-likeness (QED) is 0.619. The number of alkyl carbamates (subject to hydrolysis) is 1. The van der Waals surface area contributed by atoms with Crippen LogP contribution < -0.4 is 5.32 Å². The van der Waals surface area contributed by atoms with E-state index in [0.29, 0.717) is 29.1 Å². The molecule has 3 aliphatic rings. The van der Waals surface area contributed by atoms with Crippen LogP contribution >= 0.6 is 0 Å². The predicted octanol–water partition coefficient (Wildman–Crippen LogP) is 4.38. The summed E-state index contributed by atoms with van der Waals surface area (Å²) in [7, 11) is 0. The van der Waals surface area contributed by atoms with Gasteiger partial charge in [0.15, 0.2) is 5.78 Å². The number of carbonyl (C=O) groups is 2. The van der Waals surface area contributed by atoms with E-state index in [2.05, 4.69) is 22.5 Å². The van der Waals surface area contributed by atoms with Crippen molar-refractivity contribution in [3.63, 3.8) is 0 Å². The Bertz CT molecular complexity index is 789. The number of nitrogens with zero attached hydrogens (tertiary/aromatic N) is 1. The first-order valence-electron chi connectivity index (χ1n) is 9.99. The first-order chi connectivity index (χ1) is 12.8. The van der Waals surface area contributed by atoms with E-state index >= 15 is 0 Å². The molecule has 2 fully saturated rings. The Morgan fingerprint density at radius 1 is 1.19 bits per heavy atom. The van der Waals surface area contributed by atoms with Crippen LogP contribution in [0.2, 0.25) is 0 Å². The smallest absolute Gasteiger partial charge is 0.407 e. The third kappa shape index (κ3) is 4.07. The molecule has 3 atom stereocenters. The molecule has 3 aliphatic carbocycles. The van der Waals surface area contributed by atoms with Crippen LogP contribution in [0.5, 0.6) is 0 Å². The molecule has 0 aliphatic heterocycles. The molecule has 0 spiro atoms. The Balaban J connectivity index is 1.50. The number of Topliss-reactive ketones (excluding diaryl/α,β-unsaturated/α-hetero) is 1. The van der Waals surface area contributed by atoms with Crippen LogP contribution in [-0.2, 0) is 11.3 Å². The average Bonchev–Trinajstić information content (AvgIpc) is 3.23. The molecule has 5 nitrogen and oxygen atoms in total. The van der Waals surface area contributed by atoms with Gasteiger partial charge in [0.25, 0.3) is 0 Å². The maximum Gasteiger partial charge on any atom is 0.407 e. The predicted molar refractivity (Wildman–Crippen MR) is 102 cm³/mol. The van der Waals surface area contributed by atoms with Gasteiger partial charge in [0.2, 0.25) is 0 Å². The zero-order chi connectivity index (χ0) is 19.2. The number of aromatic nitrogens is 1. The molecular formula is C22H28N2O3. The van der Waals surface area contributed by atoms with Crippen molar-refractivity contribution in [2.45, 2.75) is 64.5 Å². The third-order valence-corrected chi connectivity index (χ3v) is 5.66.